The number of anilines is 1. The zero-order chi connectivity index (χ0) is 18.0. The molecule has 128 valence electrons. The van der Waals surface area contributed by atoms with Gasteiger partial charge in [-0.05, 0) is 56.2 Å². The average Bonchev–Trinajstić information content (AvgIpc) is 2.54. The largest absolute Gasteiger partial charge is 0.423 e. The quantitative estimate of drug-likeness (QED) is 0.538. The first-order valence-electron chi connectivity index (χ1n) is 8.11. The Balaban J connectivity index is 1.73. The third-order valence-electron chi connectivity index (χ3n) is 4.13. The van der Waals surface area contributed by atoms with Gasteiger partial charge in [0, 0.05) is 23.2 Å². The molecule has 0 amide bonds. The molecule has 1 heterocycles. The van der Waals surface area contributed by atoms with Crippen LogP contribution in [0.25, 0.3) is 11.0 Å². The van der Waals surface area contributed by atoms with Crippen molar-refractivity contribution in [3.63, 3.8) is 0 Å². The van der Waals surface area contributed by atoms with Gasteiger partial charge in [0.05, 0.1) is 6.04 Å². The lowest BCUT2D eigenvalue weighted by atomic mass is 10.1. The fraction of sp³-hybridized carbons (Fsp3) is 0.200. The van der Waals surface area contributed by atoms with E-state index in [4.69, 9.17) is 16.6 Å². The van der Waals surface area contributed by atoms with Crippen LogP contribution in [0.15, 0.2) is 57.7 Å². The second kappa shape index (κ2) is 7.07. The van der Waals surface area contributed by atoms with Gasteiger partial charge in [0.25, 0.3) is 0 Å². The summed E-state index contributed by atoms with van der Waals surface area (Å²) < 4.78 is 5.27. The summed E-state index contributed by atoms with van der Waals surface area (Å²) in [5, 5.41) is 7.84. The van der Waals surface area contributed by atoms with Crippen molar-refractivity contribution in [3.05, 3.63) is 75.6 Å². The maximum atomic E-state index is 11.5. The van der Waals surface area contributed by atoms with E-state index in [0.717, 1.165) is 22.2 Å². The van der Waals surface area contributed by atoms with Crippen molar-refractivity contribution in [1.82, 2.24) is 5.32 Å². The third-order valence-corrected chi connectivity index (χ3v) is 4.35. The Kier molecular flexibility index (Phi) is 4.86. The van der Waals surface area contributed by atoms with Gasteiger partial charge in [0.2, 0.25) is 0 Å². The molecule has 2 N–H and O–H groups in total. The Morgan fingerprint density at radius 1 is 1.08 bits per heavy atom. The molecule has 0 bridgehead atoms. The van der Waals surface area contributed by atoms with E-state index >= 15 is 0 Å². The highest BCUT2D eigenvalue weighted by Crippen LogP contribution is 2.21. The van der Waals surface area contributed by atoms with Gasteiger partial charge in [-0.25, -0.2) is 4.79 Å². The van der Waals surface area contributed by atoms with Crippen LogP contribution in [0.1, 0.15) is 29.7 Å². The van der Waals surface area contributed by atoms with Crippen molar-refractivity contribution in [2.45, 2.75) is 26.8 Å². The maximum absolute atomic E-state index is 11.5. The molecule has 0 aliphatic carbocycles. The number of fused-ring (bicyclic) bond motifs is 1. The number of thiocarbonyl (C=S) groups is 1. The Labute approximate surface area is 151 Å². The minimum absolute atomic E-state index is 0.0845. The van der Waals surface area contributed by atoms with Crippen molar-refractivity contribution in [2.24, 2.45) is 0 Å². The molecule has 5 heteroatoms. The Morgan fingerprint density at radius 3 is 2.52 bits per heavy atom. The van der Waals surface area contributed by atoms with Crippen molar-refractivity contribution >= 4 is 34.0 Å². The lowest BCUT2D eigenvalue weighted by Crippen LogP contribution is -2.30. The van der Waals surface area contributed by atoms with Gasteiger partial charge in [-0.15, -0.1) is 0 Å². The predicted molar refractivity (Wildman–Crippen MR) is 106 cm³/mol. The molecule has 0 aliphatic heterocycles. The summed E-state index contributed by atoms with van der Waals surface area (Å²) in [5.41, 5.74) is 4.25. The lowest BCUT2D eigenvalue weighted by molar-refractivity contribution is 0.560. The first kappa shape index (κ1) is 17.2. The van der Waals surface area contributed by atoms with Crippen molar-refractivity contribution in [1.29, 1.82) is 0 Å². The lowest BCUT2D eigenvalue weighted by Gasteiger charge is -2.17. The number of benzene rings is 2. The van der Waals surface area contributed by atoms with Gasteiger partial charge in [0.1, 0.15) is 5.58 Å². The average molecular weight is 352 g/mol. The molecule has 0 aliphatic rings. The maximum Gasteiger partial charge on any atom is 0.336 e. The molecule has 0 fully saturated rings. The van der Waals surface area contributed by atoms with Crippen molar-refractivity contribution < 1.29 is 4.42 Å². The number of hydrogen-bond donors (Lipinski definition) is 2. The fourth-order valence-electron chi connectivity index (χ4n) is 2.70. The Hall–Kier alpha value is -2.66. The SMILES string of the molecule is Cc1ccc(C(C)NC(=S)Nc2ccc3c(C)cc(=O)oc3c2)cc1. The van der Waals surface area contributed by atoms with E-state index in [2.05, 4.69) is 48.7 Å². The number of aryl methyl sites for hydroxylation is 2. The third kappa shape index (κ3) is 4.06. The van der Waals surface area contributed by atoms with E-state index in [1.165, 1.54) is 11.6 Å². The molecule has 0 radical (unpaired) electrons. The molecule has 1 unspecified atom stereocenters. The van der Waals surface area contributed by atoms with E-state index in [9.17, 15) is 4.79 Å². The molecule has 0 spiro atoms. The highest BCUT2D eigenvalue weighted by atomic mass is 32.1. The van der Waals surface area contributed by atoms with Gasteiger partial charge in [-0.1, -0.05) is 29.8 Å². The smallest absolute Gasteiger partial charge is 0.336 e. The van der Waals surface area contributed by atoms with Crippen LogP contribution in [0, 0.1) is 13.8 Å². The van der Waals surface area contributed by atoms with Crippen LogP contribution >= 0.6 is 12.2 Å². The van der Waals surface area contributed by atoms with Crippen LogP contribution in [-0.4, -0.2) is 5.11 Å². The van der Waals surface area contributed by atoms with E-state index in [-0.39, 0.29) is 11.7 Å². The fourth-order valence-corrected chi connectivity index (χ4v) is 3.00. The van der Waals surface area contributed by atoms with Crippen LogP contribution < -0.4 is 16.3 Å². The predicted octanol–water partition coefficient (Wildman–Crippen LogP) is 4.46. The summed E-state index contributed by atoms with van der Waals surface area (Å²) in [6, 6.07) is 15.5. The van der Waals surface area contributed by atoms with E-state index in [1.54, 1.807) is 6.07 Å². The standard InChI is InChI=1S/C20H20N2O2S/c1-12-4-6-15(7-5-12)14(3)21-20(25)22-16-8-9-17-13(2)10-19(23)24-18(17)11-16/h4-11,14H,1-3H3,(H2,21,22,25). The van der Waals surface area contributed by atoms with E-state index < -0.39 is 0 Å². The summed E-state index contributed by atoms with van der Waals surface area (Å²) in [7, 11) is 0. The molecule has 0 saturated carbocycles. The zero-order valence-corrected chi connectivity index (χ0v) is 15.2. The van der Waals surface area contributed by atoms with Gasteiger partial charge in [-0.3, -0.25) is 0 Å². The minimum atomic E-state index is -0.351. The normalized spacial score (nSPS) is 12.0. The summed E-state index contributed by atoms with van der Waals surface area (Å²) >= 11 is 5.40. The molecule has 2 aromatic carbocycles. The molecular weight excluding hydrogens is 332 g/mol. The van der Waals surface area contributed by atoms with Gasteiger partial charge in [-0.2, -0.15) is 0 Å². The van der Waals surface area contributed by atoms with Crippen molar-refractivity contribution in [3.8, 4) is 0 Å². The molecule has 1 atom stereocenters. The van der Waals surface area contributed by atoms with Crippen molar-refractivity contribution in [2.75, 3.05) is 5.32 Å². The zero-order valence-electron chi connectivity index (χ0n) is 14.4. The van der Waals surface area contributed by atoms with E-state index in [1.807, 2.05) is 19.1 Å². The molecule has 4 nitrogen and oxygen atoms in total. The number of rotatable bonds is 3. The molecule has 1 aromatic heterocycles. The van der Waals surface area contributed by atoms with Crippen LogP contribution in [-0.2, 0) is 0 Å². The molecule has 3 rings (SSSR count). The molecular formula is C20H20N2O2S. The highest BCUT2D eigenvalue weighted by Gasteiger charge is 2.08. The summed E-state index contributed by atoms with van der Waals surface area (Å²) in [6.45, 7) is 6.01. The summed E-state index contributed by atoms with van der Waals surface area (Å²) in [5.74, 6) is 0. The number of hydrogen-bond acceptors (Lipinski definition) is 3. The van der Waals surface area contributed by atoms with E-state index in [0.29, 0.717) is 10.7 Å². The Morgan fingerprint density at radius 2 is 1.80 bits per heavy atom. The summed E-state index contributed by atoms with van der Waals surface area (Å²) in [4.78, 5) is 11.5. The Bertz CT molecular complexity index is 977. The first-order valence-corrected chi connectivity index (χ1v) is 8.52. The molecule has 0 saturated heterocycles. The second-order valence-electron chi connectivity index (χ2n) is 6.19. The minimum Gasteiger partial charge on any atom is -0.423 e. The van der Waals surface area contributed by atoms with Crippen LogP contribution in [0.4, 0.5) is 5.69 Å². The first-order chi connectivity index (χ1) is 11.9. The second-order valence-corrected chi connectivity index (χ2v) is 6.60. The monoisotopic (exact) mass is 352 g/mol. The van der Waals surface area contributed by atoms with Crippen LogP contribution in [0.2, 0.25) is 0 Å². The molecule has 25 heavy (non-hydrogen) atoms. The van der Waals surface area contributed by atoms with Gasteiger partial charge >= 0.3 is 5.63 Å². The molecule has 3 aromatic rings. The topological polar surface area (TPSA) is 54.3 Å². The highest BCUT2D eigenvalue weighted by molar-refractivity contribution is 7.80. The van der Waals surface area contributed by atoms with Crippen LogP contribution in [0.5, 0.6) is 0 Å². The van der Waals surface area contributed by atoms with Gasteiger partial charge in [0.15, 0.2) is 5.11 Å². The summed E-state index contributed by atoms with van der Waals surface area (Å²) in [6.07, 6.45) is 0. The van der Waals surface area contributed by atoms with Gasteiger partial charge < -0.3 is 15.1 Å². The van der Waals surface area contributed by atoms with Crippen LogP contribution in [0.3, 0.4) is 0 Å². The number of nitrogens with one attached hydrogen (secondary N) is 2.